The van der Waals surface area contributed by atoms with E-state index in [2.05, 4.69) is 18.6 Å². The van der Waals surface area contributed by atoms with Gasteiger partial charge in [-0.25, -0.2) is 13.1 Å². The second-order valence-corrected chi connectivity index (χ2v) is 7.83. The van der Waals surface area contributed by atoms with E-state index in [1.165, 1.54) is 12.1 Å². The van der Waals surface area contributed by atoms with Gasteiger partial charge < -0.3 is 0 Å². The minimum atomic E-state index is -3.42. The number of nitrogens with one attached hydrogen (secondary N) is 1. The summed E-state index contributed by atoms with van der Waals surface area (Å²) in [5, 5.41) is 0.538. The molecule has 1 N–H and O–H groups in total. The Morgan fingerprint density at radius 3 is 2.39 bits per heavy atom. The lowest BCUT2D eigenvalue weighted by atomic mass is 9.92. The summed E-state index contributed by atoms with van der Waals surface area (Å²) in [5.74, 6) is 0. The van der Waals surface area contributed by atoms with Crippen molar-refractivity contribution >= 4 is 21.6 Å². The number of hydrogen-bond acceptors (Lipinski definition) is 2. The first-order valence-electron chi connectivity index (χ1n) is 6.06. The minimum absolute atomic E-state index is 0.0423. The third-order valence-corrected chi connectivity index (χ3v) is 5.20. The molecule has 0 aromatic heterocycles. The molecule has 3 nitrogen and oxygen atoms in total. The fraction of sp³-hybridized carbons (Fsp3) is 0.538. The van der Waals surface area contributed by atoms with E-state index in [0.29, 0.717) is 5.02 Å². The number of hydrogen-bond donors (Lipinski definition) is 1. The molecule has 1 unspecified atom stereocenters. The van der Waals surface area contributed by atoms with Gasteiger partial charge in [0.25, 0.3) is 0 Å². The fourth-order valence-electron chi connectivity index (χ4n) is 2.44. The molecule has 1 saturated carbocycles. The van der Waals surface area contributed by atoms with Crippen LogP contribution in [0.5, 0.6) is 0 Å². The first kappa shape index (κ1) is 13.8. The lowest BCUT2D eigenvalue weighted by Gasteiger charge is -2.17. The molecule has 1 aromatic rings. The lowest BCUT2D eigenvalue weighted by Crippen LogP contribution is -2.33. The minimum Gasteiger partial charge on any atom is -0.208 e. The van der Waals surface area contributed by atoms with Gasteiger partial charge in [-0.15, -0.1) is 0 Å². The van der Waals surface area contributed by atoms with Crippen LogP contribution in [-0.4, -0.2) is 14.5 Å². The number of rotatable bonds is 3. The van der Waals surface area contributed by atoms with E-state index in [0.717, 1.165) is 19.3 Å². The zero-order valence-corrected chi connectivity index (χ0v) is 12.2. The molecule has 5 heteroatoms. The highest BCUT2D eigenvalue weighted by Gasteiger charge is 2.33. The Kier molecular flexibility index (Phi) is 3.72. The second kappa shape index (κ2) is 4.83. The summed E-state index contributed by atoms with van der Waals surface area (Å²) in [4.78, 5) is 0.275. The Morgan fingerprint density at radius 1 is 1.28 bits per heavy atom. The summed E-state index contributed by atoms with van der Waals surface area (Å²) in [7, 11) is -3.42. The zero-order chi connectivity index (χ0) is 13.4. The third-order valence-electron chi connectivity index (χ3n) is 3.41. The summed E-state index contributed by atoms with van der Waals surface area (Å²) in [5.41, 5.74) is 0.229. The van der Waals surface area contributed by atoms with E-state index in [-0.39, 0.29) is 16.4 Å². The molecule has 1 aliphatic rings. The predicted octanol–water partition coefficient (Wildman–Crippen LogP) is 3.20. The molecule has 0 amide bonds. The quantitative estimate of drug-likeness (QED) is 0.928. The summed E-state index contributed by atoms with van der Waals surface area (Å²) in [6.45, 7) is 4.34. The van der Waals surface area contributed by atoms with E-state index >= 15 is 0 Å². The first-order valence-corrected chi connectivity index (χ1v) is 7.93. The Bertz CT molecular complexity index is 522. The molecular weight excluding hydrogens is 270 g/mol. The van der Waals surface area contributed by atoms with Crippen molar-refractivity contribution in [3.63, 3.8) is 0 Å². The van der Waals surface area contributed by atoms with Crippen LogP contribution in [-0.2, 0) is 10.0 Å². The van der Waals surface area contributed by atoms with Gasteiger partial charge in [0.1, 0.15) is 0 Å². The SMILES string of the molecule is CC1(C)CCC(NS(=O)(=O)c2ccc(Cl)cc2)C1. The smallest absolute Gasteiger partial charge is 0.208 e. The molecule has 0 saturated heterocycles. The summed E-state index contributed by atoms with van der Waals surface area (Å²) < 4.78 is 27.1. The van der Waals surface area contributed by atoms with Crippen LogP contribution in [0, 0.1) is 5.41 Å². The maximum Gasteiger partial charge on any atom is 0.240 e. The molecule has 1 aliphatic carbocycles. The number of sulfonamides is 1. The van der Waals surface area contributed by atoms with Gasteiger partial charge in [-0.2, -0.15) is 0 Å². The number of benzene rings is 1. The van der Waals surface area contributed by atoms with Crippen LogP contribution in [0.2, 0.25) is 5.02 Å². The maximum absolute atomic E-state index is 12.2. The molecule has 2 rings (SSSR count). The Balaban J connectivity index is 2.11. The van der Waals surface area contributed by atoms with Crippen LogP contribution in [0.25, 0.3) is 0 Å². The van der Waals surface area contributed by atoms with Crippen molar-refractivity contribution in [1.29, 1.82) is 0 Å². The van der Waals surface area contributed by atoms with Gasteiger partial charge in [0.05, 0.1) is 4.90 Å². The van der Waals surface area contributed by atoms with Gasteiger partial charge >= 0.3 is 0 Å². The highest BCUT2D eigenvalue weighted by molar-refractivity contribution is 7.89. The topological polar surface area (TPSA) is 46.2 Å². The van der Waals surface area contributed by atoms with Crippen molar-refractivity contribution in [2.75, 3.05) is 0 Å². The van der Waals surface area contributed by atoms with E-state index in [9.17, 15) is 8.42 Å². The first-order chi connectivity index (χ1) is 8.28. The molecule has 0 bridgehead atoms. The van der Waals surface area contributed by atoms with Crippen LogP contribution >= 0.6 is 11.6 Å². The zero-order valence-electron chi connectivity index (χ0n) is 10.6. The molecule has 0 spiro atoms. The molecule has 0 heterocycles. The molecule has 18 heavy (non-hydrogen) atoms. The highest BCUT2D eigenvalue weighted by atomic mass is 35.5. The highest BCUT2D eigenvalue weighted by Crippen LogP contribution is 2.37. The Labute approximate surface area is 114 Å². The van der Waals surface area contributed by atoms with Crippen molar-refractivity contribution in [2.24, 2.45) is 5.41 Å². The molecule has 1 atom stereocenters. The average molecular weight is 288 g/mol. The Morgan fingerprint density at radius 2 is 1.89 bits per heavy atom. The van der Waals surface area contributed by atoms with Crippen molar-refractivity contribution < 1.29 is 8.42 Å². The van der Waals surface area contributed by atoms with Gasteiger partial charge in [0.15, 0.2) is 0 Å². The summed E-state index contributed by atoms with van der Waals surface area (Å²) in [6, 6.07) is 6.29. The molecule has 100 valence electrons. The summed E-state index contributed by atoms with van der Waals surface area (Å²) >= 11 is 5.75. The fourth-order valence-corrected chi connectivity index (χ4v) is 3.83. The van der Waals surface area contributed by atoms with Gasteiger partial charge in [-0.1, -0.05) is 25.4 Å². The van der Waals surface area contributed by atoms with E-state index in [4.69, 9.17) is 11.6 Å². The van der Waals surface area contributed by atoms with Crippen LogP contribution in [0.4, 0.5) is 0 Å². The van der Waals surface area contributed by atoms with Crippen molar-refractivity contribution in [3.8, 4) is 0 Å². The molecule has 1 aromatic carbocycles. The van der Waals surface area contributed by atoms with Crippen molar-refractivity contribution in [2.45, 2.75) is 44.0 Å². The van der Waals surface area contributed by atoms with Gasteiger partial charge in [0, 0.05) is 11.1 Å². The van der Waals surface area contributed by atoms with Crippen molar-refractivity contribution in [1.82, 2.24) is 4.72 Å². The van der Waals surface area contributed by atoms with E-state index < -0.39 is 10.0 Å². The van der Waals surface area contributed by atoms with Gasteiger partial charge in [0.2, 0.25) is 10.0 Å². The molecular formula is C13H18ClNO2S. The third kappa shape index (κ3) is 3.25. The van der Waals surface area contributed by atoms with Crippen LogP contribution < -0.4 is 4.72 Å². The number of halogens is 1. The molecule has 0 aliphatic heterocycles. The monoisotopic (exact) mass is 287 g/mol. The van der Waals surface area contributed by atoms with E-state index in [1.54, 1.807) is 12.1 Å². The van der Waals surface area contributed by atoms with Gasteiger partial charge in [-0.05, 0) is 48.9 Å². The average Bonchev–Trinajstić information content (AvgIpc) is 2.57. The largest absolute Gasteiger partial charge is 0.240 e. The lowest BCUT2D eigenvalue weighted by molar-refractivity contribution is 0.372. The Hall–Kier alpha value is -0.580. The van der Waals surface area contributed by atoms with Crippen molar-refractivity contribution in [3.05, 3.63) is 29.3 Å². The molecule has 1 fully saturated rings. The summed E-state index contributed by atoms with van der Waals surface area (Å²) in [6.07, 6.45) is 2.85. The second-order valence-electron chi connectivity index (χ2n) is 5.68. The normalized spacial score (nSPS) is 23.2. The van der Waals surface area contributed by atoms with Crippen LogP contribution in [0.15, 0.2) is 29.2 Å². The standard InChI is InChI=1S/C13H18ClNO2S/c1-13(2)8-7-11(9-13)15-18(16,17)12-5-3-10(14)4-6-12/h3-6,11,15H,7-9H2,1-2H3. The van der Waals surface area contributed by atoms with Crippen LogP contribution in [0.1, 0.15) is 33.1 Å². The molecule has 0 radical (unpaired) electrons. The maximum atomic E-state index is 12.2. The van der Waals surface area contributed by atoms with Crippen LogP contribution in [0.3, 0.4) is 0 Å². The van der Waals surface area contributed by atoms with E-state index in [1.807, 2.05) is 0 Å². The predicted molar refractivity (Wildman–Crippen MR) is 73.2 cm³/mol. The van der Waals surface area contributed by atoms with Gasteiger partial charge in [-0.3, -0.25) is 0 Å².